The van der Waals surface area contributed by atoms with Gasteiger partial charge in [-0.15, -0.1) is 0 Å². The van der Waals surface area contributed by atoms with Crippen molar-refractivity contribution in [3.8, 4) is 0 Å². The van der Waals surface area contributed by atoms with Gasteiger partial charge in [0.2, 0.25) is 5.91 Å². The highest BCUT2D eigenvalue weighted by Crippen LogP contribution is 2.13. The maximum atomic E-state index is 10.6. The second kappa shape index (κ2) is 11.3. The van der Waals surface area contributed by atoms with Gasteiger partial charge in [0.1, 0.15) is 5.82 Å². The molecule has 0 aliphatic heterocycles. The van der Waals surface area contributed by atoms with Crippen LogP contribution in [-0.2, 0) is 11.3 Å². The van der Waals surface area contributed by atoms with Crippen LogP contribution in [-0.4, -0.2) is 27.4 Å². The van der Waals surface area contributed by atoms with E-state index in [1.807, 2.05) is 19.1 Å². The van der Waals surface area contributed by atoms with E-state index in [4.69, 9.17) is 0 Å². The summed E-state index contributed by atoms with van der Waals surface area (Å²) in [5.74, 6) is 1.76. The van der Waals surface area contributed by atoms with Crippen LogP contribution < -0.4 is 10.6 Å². The largest absolute Gasteiger partial charge is 0.341 e. The van der Waals surface area contributed by atoms with Gasteiger partial charge in [-0.3, -0.25) is 9.78 Å². The van der Waals surface area contributed by atoms with Gasteiger partial charge in [0.05, 0.1) is 29.5 Å². The van der Waals surface area contributed by atoms with Crippen LogP contribution in [0.2, 0.25) is 0 Å². The molecular formula is C23H33N5O. The van der Waals surface area contributed by atoms with E-state index < -0.39 is 0 Å². The zero-order valence-electron chi connectivity index (χ0n) is 18.2. The van der Waals surface area contributed by atoms with Crippen LogP contribution in [0.5, 0.6) is 0 Å². The first-order chi connectivity index (χ1) is 13.9. The molecule has 3 aromatic rings. The molecule has 1 atom stereocenters. The number of nitrogens with zero attached hydrogens (tertiary/aromatic N) is 2. The molecule has 0 spiro atoms. The monoisotopic (exact) mass is 395 g/mol. The van der Waals surface area contributed by atoms with E-state index in [1.165, 1.54) is 25.3 Å². The maximum absolute atomic E-state index is 10.6. The molecule has 1 aromatic carbocycles. The normalized spacial score (nSPS) is 11.6. The molecule has 1 unspecified atom stereocenters. The van der Waals surface area contributed by atoms with Crippen LogP contribution in [0.4, 0.5) is 5.69 Å². The molecule has 0 fully saturated rings. The molecule has 0 bridgehead atoms. The lowest BCUT2D eigenvalue weighted by Gasteiger charge is -2.07. The fraction of sp³-hybridized carbons (Fsp3) is 0.435. The number of imidazole rings is 1. The van der Waals surface area contributed by atoms with Crippen molar-refractivity contribution in [2.24, 2.45) is 5.92 Å². The van der Waals surface area contributed by atoms with Gasteiger partial charge in [0.15, 0.2) is 0 Å². The average molecular weight is 396 g/mol. The highest BCUT2D eigenvalue weighted by molar-refractivity contribution is 5.88. The summed E-state index contributed by atoms with van der Waals surface area (Å²) in [5, 5.41) is 6.08. The third-order valence-electron chi connectivity index (χ3n) is 4.72. The number of pyridine rings is 1. The van der Waals surface area contributed by atoms with Crippen molar-refractivity contribution in [2.75, 3.05) is 11.9 Å². The molecule has 2 heterocycles. The van der Waals surface area contributed by atoms with Crippen molar-refractivity contribution in [2.45, 2.75) is 54.0 Å². The Hall–Kier alpha value is -2.73. The zero-order chi connectivity index (χ0) is 21.2. The Kier molecular flexibility index (Phi) is 8.80. The standard InChI is InChI=1S/C15H23N3.C8H10N2O/c1-4-11(2)7-8-16-10-15-17-13-6-5-12(3)9-14(13)18-15;1-6-3-4-8(5-9-6)10-7(2)11/h5-6,9,11,16H,4,7-8,10H2,1-3H3,(H,17,18);3-5H,1-2H3,(H,10,11). The summed E-state index contributed by atoms with van der Waals surface area (Å²) in [6.07, 6.45) is 4.12. The lowest BCUT2D eigenvalue weighted by atomic mass is 10.1. The van der Waals surface area contributed by atoms with Crippen LogP contribution in [0.25, 0.3) is 11.0 Å². The average Bonchev–Trinajstić information content (AvgIpc) is 3.09. The third kappa shape index (κ3) is 8.03. The number of carbonyl (C=O) groups is 1. The minimum atomic E-state index is -0.0735. The molecule has 29 heavy (non-hydrogen) atoms. The number of anilines is 1. The predicted octanol–water partition coefficient (Wildman–Crippen LogP) is 4.75. The molecule has 1 amide bonds. The van der Waals surface area contributed by atoms with Crippen LogP contribution in [0.1, 0.15) is 50.7 Å². The number of rotatable bonds is 7. The number of hydrogen-bond acceptors (Lipinski definition) is 4. The molecule has 0 aliphatic rings. The molecule has 2 aromatic heterocycles. The van der Waals surface area contributed by atoms with Crippen LogP contribution in [0.15, 0.2) is 36.5 Å². The Labute approximate surface area is 173 Å². The second-order valence-corrected chi connectivity index (χ2v) is 7.55. The number of benzene rings is 1. The van der Waals surface area contributed by atoms with Gasteiger partial charge >= 0.3 is 0 Å². The summed E-state index contributed by atoms with van der Waals surface area (Å²) in [6.45, 7) is 11.9. The number of amides is 1. The van der Waals surface area contributed by atoms with Gasteiger partial charge in [-0.2, -0.15) is 0 Å². The van der Waals surface area contributed by atoms with Gasteiger partial charge in [-0.25, -0.2) is 4.98 Å². The molecule has 6 heteroatoms. The van der Waals surface area contributed by atoms with Gasteiger partial charge in [-0.05, 0) is 62.6 Å². The van der Waals surface area contributed by atoms with Crippen molar-refractivity contribution in [1.29, 1.82) is 0 Å². The molecule has 3 rings (SSSR count). The summed E-state index contributed by atoms with van der Waals surface area (Å²) >= 11 is 0. The van der Waals surface area contributed by atoms with Crippen LogP contribution in [0, 0.1) is 19.8 Å². The van der Waals surface area contributed by atoms with Crippen molar-refractivity contribution >= 4 is 22.6 Å². The summed E-state index contributed by atoms with van der Waals surface area (Å²) in [6, 6.07) is 9.99. The van der Waals surface area contributed by atoms with E-state index in [0.29, 0.717) is 0 Å². The number of carbonyl (C=O) groups excluding carboxylic acids is 1. The number of hydrogen-bond donors (Lipinski definition) is 3. The van der Waals surface area contributed by atoms with E-state index in [9.17, 15) is 4.79 Å². The first-order valence-corrected chi connectivity index (χ1v) is 10.2. The number of H-pyrrole nitrogens is 1. The Morgan fingerprint density at radius 2 is 2.00 bits per heavy atom. The minimum absolute atomic E-state index is 0.0735. The first-order valence-electron chi connectivity index (χ1n) is 10.2. The Morgan fingerprint density at radius 1 is 1.21 bits per heavy atom. The Balaban J connectivity index is 0.000000234. The summed E-state index contributed by atoms with van der Waals surface area (Å²) < 4.78 is 0. The quantitative estimate of drug-likeness (QED) is 0.504. The molecule has 0 saturated carbocycles. The van der Waals surface area contributed by atoms with Gasteiger partial charge in [0.25, 0.3) is 0 Å². The number of aromatic nitrogens is 3. The molecule has 156 valence electrons. The molecule has 0 aliphatic carbocycles. The lowest BCUT2D eigenvalue weighted by molar-refractivity contribution is -0.114. The zero-order valence-corrected chi connectivity index (χ0v) is 18.2. The van der Waals surface area contributed by atoms with Crippen molar-refractivity contribution in [3.63, 3.8) is 0 Å². The number of aryl methyl sites for hydroxylation is 2. The van der Waals surface area contributed by atoms with Crippen LogP contribution in [0.3, 0.4) is 0 Å². The molecule has 0 saturated heterocycles. The molecule has 3 N–H and O–H groups in total. The van der Waals surface area contributed by atoms with E-state index in [-0.39, 0.29) is 5.91 Å². The fourth-order valence-corrected chi connectivity index (χ4v) is 2.76. The van der Waals surface area contributed by atoms with Gasteiger partial charge in [0, 0.05) is 12.6 Å². The topological polar surface area (TPSA) is 82.7 Å². The second-order valence-electron chi connectivity index (χ2n) is 7.55. The fourth-order valence-electron chi connectivity index (χ4n) is 2.76. The lowest BCUT2D eigenvalue weighted by Crippen LogP contribution is -2.17. The minimum Gasteiger partial charge on any atom is -0.341 e. The van der Waals surface area contributed by atoms with Crippen molar-refractivity contribution in [3.05, 3.63) is 53.6 Å². The smallest absolute Gasteiger partial charge is 0.221 e. The van der Waals surface area contributed by atoms with Gasteiger partial charge in [-0.1, -0.05) is 26.3 Å². The van der Waals surface area contributed by atoms with E-state index in [1.54, 1.807) is 6.20 Å². The third-order valence-corrected chi connectivity index (χ3v) is 4.72. The van der Waals surface area contributed by atoms with Crippen molar-refractivity contribution in [1.82, 2.24) is 20.3 Å². The SMILES string of the molecule is CC(=O)Nc1ccc(C)nc1.CCC(C)CCNCc1nc2ccc(C)cc2[nH]1. The summed E-state index contributed by atoms with van der Waals surface area (Å²) in [5.41, 5.74) is 5.14. The van der Waals surface area contributed by atoms with E-state index in [0.717, 1.165) is 47.2 Å². The molecular weight excluding hydrogens is 362 g/mol. The summed E-state index contributed by atoms with van der Waals surface area (Å²) in [7, 11) is 0. The highest BCUT2D eigenvalue weighted by atomic mass is 16.1. The summed E-state index contributed by atoms with van der Waals surface area (Å²) in [4.78, 5) is 22.5. The van der Waals surface area contributed by atoms with Crippen LogP contribution >= 0.6 is 0 Å². The molecule has 6 nitrogen and oxygen atoms in total. The predicted molar refractivity (Wildman–Crippen MR) is 120 cm³/mol. The van der Waals surface area contributed by atoms with E-state index in [2.05, 4.69) is 64.6 Å². The van der Waals surface area contributed by atoms with E-state index >= 15 is 0 Å². The number of nitrogens with one attached hydrogen (secondary N) is 3. The Bertz CT molecular complexity index is 901. The molecule has 0 radical (unpaired) electrons. The van der Waals surface area contributed by atoms with Gasteiger partial charge < -0.3 is 15.6 Å². The Morgan fingerprint density at radius 3 is 2.66 bits per heavy atom. The first kappa shape index (κ1) is 22.6. The van der Waals surface area contributed by atoms with Crippen molar-refractivity contribution < 1.29 is 4.79 Å². The maximum Gasteiger partial charge on any atom is 0.221 e. The highest BCUT2D eigenvalue weighted by Gasteiger charge is 2.03. The number of fused-ring (bicyclic) bond motifs is 1. The number of aromatic amines is 1.